The largest absolute Gasteiger partial charge is 0.489 e. The molecule has 0 bridgehead atoms. The zero-order valence-electron chi connectivity index (χ0n) is 18.2. The van der Waals surface area contributed by atoms with Crippen LogP contribution >= 0.6 is 11.6 Å². The van der Waals surface area contributed by atoms with Crippen LogP contribution < -0.4 is 10.1 Å². The number of likely N-dealkylation sites (tertiary alicyclic amines) is 1. The van der Waals surface area contributed by atoms with E-state index in [0.29, 0.717) is 22.3 Å². The minimum atomic E-state index is -0.908. The molecule has 1 aromatic carbocycles. The van der Waals surface area contributed by atoms with Gasteiger partial charge in [-0.25, -0.2) is 4.79 Å². The van der Waals surface area contributed by atoms with E-state index >= 15 is 0 Å². The van der Waals surface area contributed by atoms with Crippen molar-refractivity contribution in [1.29, 1.82) is 5.26 Å². The Kier molecular flexibility index (Phi) is 9.30. The lowest BCUT2D eigenvalue weighted by Gasteiger charge is -2.34. The van der Waals surface area contributed by atoms with Crippen LogP contribution in [-0.2, 0) is 0 Å². The number of nitriles is 1. The predicted octanol–water partition coefficient (Wildman–Crippen LogP) is 5.44. The fourth-order valence-corrected chi connectivity index (χ4v) is 4.43. The molecule has 31 heavy (non-hydrogen) atoms. The summed E-state index contributed by atoms with van der Waals surface area (Å²) in [5.74, 6) is 1.32. The van der Waals surface area contributed by atoms with Gasteiger partial charge in [-0.3, -0.25) is 0 Å². The first-order chi connectivity index (χ1) is 15.0. The molecule has 3 aliphatic rings. The van der Waals surface area contributed by atoms with Crippen molar-refractivity contribution in [2.75, 3.05) is 19.6 Å². The predicted molar refractivity (Wildman–Crippen MR) is 122 cm³/mol. The van der Waals surface area contributed by atoms with Crippen molar-refractivity contribution in [1.82, 2.24) is 10.2 Å². The third-order valence-corrected chi connectivity index (χ3v) is 6.51. The molecule has 1 aliphatic heterocycles. The van der Waals surface area contributed by atoms with Gasteiger partial charge in [0.25, 0.3) is 0 Å². The highest BCUT2D eigenvalue weighted by molar-refractivity contribution is 6.30. The maximum Gasteiger partial charge on any atom is 0.404 e. The zero-order valence-corrected chi connectivity index (χ0v) is 18.9. The van der Waals surface area contributed by atoms with Gasteiger partial charge in [-0.05, 0) is 75.6 Å². The van der Waals surface area contributed by atoms with E-state index in [1.807, 2.05) is 0 Å². The van der Waals surface area contributed by atoms with E-state index in [2.05, 4.69) is 16.3 Å². The van der Waals surface area contributed by atoms with Gasteiger partial charge < -0.3 is 20.1 Å². The van der Waals surface area contributed by atoms with Crippen LogP contribution in [-0.4, -0.2) is 47.9 Å². The molecule has 0 atom stereocenters. The smallest absolute Gasteiger partial charge is 0.404 e. The molecular weight excluding hydrogens is 414 g/mol. The molecule has 170 valence electrons. The van der Waals surface area contributed by atoms with E-state index in [1.54, 1.807) is 18.2 Å². The number of halogens is 1. The first kappa shape index (κ1) is 23.7. The summed E-state index contributed by atoms with van der Waals surface area (Å²) >= 11 is 5.94. The topological polar surface area (TPSA) is 85.6 Å². The van der Waals surface area contributed by atoms with Crippen molar-refractivity contribution in [3.8, 4) is 11.8 Å². The highest BCUT2D eigenvalue weighted by Gasteiger charge is 2.25. The minimum absolute atomic E-state index is 0.132. The molecule has 0 spiro atoms. The SMILES string of the molecule is C1CC1.N#Cc1cc(Cl)ccc1OC1CCN(CCC2CCC(NC(=O)O)CC2)CC1. The van der Waals surface area contributed by atoms with Crippen LogP contribution in [0.25, 0.3) is 0 Å². The average Bonchev–Trinajstić information content (AvgIpc) is 3.65. The van der Waals surface area contributed by atoms with Crippen LogP contribution in [0.3, 0.4) is 0 Å². The number of amides is 1. The third kappa shape index (κ3) is 8.59. The maximum atomic E-state index is 10.7. The molecule has 0 unspecified atom stereocenters. The van der Waals surface area contributed by atoms with Crippen molar-refractivity contribution in [2.45, 2.75) is 76.4 Å². The maximum absolute atomic E-state index is 10.7. The van der Waals surface area contributed by atoms with E-state index in [0.717, 1.165) is 58.2 Å². The standard InChI is InChI=1S/C21H28ClN3O3.C3H6/c22-17-3-6-20(16(13-17)14-23)28-19-8-11-25(12-9-19)10-7-15-1-4-18(5-2-15)24-21(26)27;1-2-3-1/h3,6,13,15,18-19,24H,1-2,4-5,7-12H2,(H,26,27);1-3H2. The van der Waals surface area contributed by atoms with Crippen LogP contribution in [0.5, 0.6) is 5.75 Å². The lowest BCUT2D eigenvalue weighted by molar-refractivity contribution is 0.0946. The number of carboxylic acid groups (broad SMARTS) is 1. The molecular formula is C24H34ClN3O3. The molecule has 3 fully saturated rings. The molecule has 0 radical (unpaired) electrons. The molecule has 1 amide bonds. The van der Waals surface area contributed by atoms with E-state index in [9.17, 15) is 10.1 Å². The van der Waals surface area contributed by atoms with Gasteiger partial charge in [0.2, 0.25) is 0 Å². The van der Waals surface area contributed by atoms with Crippen molar-refractivity contribution in [3.63, 3.8) is 0 Å². The van der Waals surface area contributed by atoms with Crippen molar-refractivity contribution >= 4 is 17.7 Å². The summed E-state index contributed by atoms with van der Waals surface area (Å²) in [5.41, 5.74) is 0.489. The molecule has 2 aliphatic carbocycles. The van der Waals surface area contributed by atoms with Crippen molar-refractivity contribution in [3.05, 3.63) is 28.8 Å². The van der Waals surface area contributed by atoms with E-state index in [-0.39, 0.29) is 12.1 Å². The van der Waals surface area contributed by atoms with Crippen molar-refractivity contribution < 1.29 is 14.6 Å². The van der Waals surface area contributed by atoms with Gasteiger partial charge in [-0.15, -0.1) is 0 Å². The zero-order chi connectivity index (χ0) is 22.1. The Morgan fingerprint density at radius 1 is 1.16 bits per heavy atom. The number of piperidine rings is 1. The molecule has 4 rings (SSSR count). The number of hydrogen-bond donors (Lipinski definition) is 2. The van der Waals surface area contributed by atoms with E-state index in [4.69, 9.17) is 21.4 Å². The number of nitrogens with one attached hydrogen (secondary N) is 1. The summed E-state index contributed by atoms with van der Waals surface area (Å²) < 4.78 is 6.06. The second kappa shape index (κ2) is 12.2. The Morgan fingerprint density at radius 2 is 1.84 bits per heavy atom. The van der Waals surface area contributed by atoms with Gasteiger partial charge in [-0.2, -0.15) is 5.26 Å². The first-order valence-corrected chi connectivity index (χ1v) is 12.0. The Labute approximate surface area is 190 Å². The molecule has 1 heterocycles. The van der Waals surface area contributed by atoms with E-state index in [1.165, 1.54) is 25.7 Å². The monoisotopic (exact) mass is 447 g/mol. The molecule has 1 saturated heterocycles. The Hall–Kier alpha value is -1.97. The molecule has 7 heteroatoms. The highest BCUT2D eigenvalue weighted by atomic mass is 35.5. The summed E-state index contributed by atoms with van der Waals surface area (Å²) in [6, 6.07) is 7.46. The van der Waals surface area contributed by atoms with Gasteiger partial charge in [0.1, 0.15) is 17.9 Å². The number of ether oxygens (including phenoxy) is 1. The number of nitrogens with zero attached hydrogens (tertiary/aromatic N) is 2. The summed E-state index contributed by atoms with van der Waals surface area (Å²) in [4.78, 5) is 13.2. The molecule has 1 aromatic rings. The van der Waals surface area contributed by atoms with Gasteiger partial charge in [0.15, 0.2) is 0 Å². The van der Waals surface area contributed by atoms with Crippen LogP contribution in [0.2, 0.25) is 5.02 Å². The fraction of sp³-hybridized carbons (Fsp3) is 0.667. The number of benzene rings is 1. The molecule has 0 aromatic heterocycles. The second-order valence-electron chi connectivity index (χ2n) is 8.93. The lowest BCUT2D eigenvalue weighted by Crippen LogP contribution is -2.40. The number of hydrogen-bond acceptors (Lipinski definition) is 4. The number of carbonyl (C=O) groups is 1. The third-order valence-electron chi connectivity index (χ3n) is 6.27. The normalized spacial score (nSPS) is 23.7. The molecule has 6 nitrogen and oxygen atoms in total. The summed E-state index contributed by atoms with van der Waals surface area (Å²) in [7, 11) is 0. The molecule has 2 saturated carbocycles. The second-order valence-corrected chi connectivity index (χ2v) is 9.36. The summed E-state index contributed by atoms with van der Waals surface area (Å²) in [6.45, 7) is 3.12. The Bertz CT molecular complexity index is 746. The number of rotatable bonds is 6. The Balaban J connectivity index is 0.000000834. The lowest BCUT2D eigenvalue weighted by atomic mass is 9.84. The van der Waals surface area contributed by atoms with Gasteiger partial charge in [0.05, 0.1) is 5.56 Å². The average molecular weight is 448 g/mol. The van der Waals surface area contributed by atoms with Crippen LogP contribution in [0.4, 0.5) is 4.79 Å². The van der Waals surface area contributed by atoms with Crippen LogP contribution in [0.15, 0.2) is 18.2 Å². The quantitative estimate of drug-likeness (QED) is 0.606. The molecule has 2 N–H and O–H groups in total. The first-order valence-electron chi connectivity index (χ1n) is 11.6. The van der Waals surface area contributed by atoms with Gasteiger partial charge >= 0.3 is 6.09 Å². The van der Waals surface area contributed by atoms with Gasteiger partial charge in [0, 0.05) is 24.2 Å². The fourth-order valence-electron chi connectivity index (χ4n) is 4.26. The van der Waals surface area contributed by atoms with Crippen molar-refractivity contribution in [2.24, 2.45) is 5.92 Å². The highest BCUT2D eigenvalue weighted by Crippen LogP contribution is 2.28. The Morgan fingerprint density at radius 3 is 2.42 bits per heavy atom. The summed E-state index contributed by atoms with van der Waals surface area (Å²) in [5, 5.41) is 21.2. The van der Waals surface area contributed by atoms with E-state index < -0.39 is 6.09 Å². The van der Waals surface area contributed by atoms with Crippen LogP contribution in [0, 0.1) is 17.2 Å². The minimum Gasteiger partial charge on any atom is -0.489 e. The summed E-state index contributed by atoms with van der Waals surface area (Å²) in [6.07, 6.45) is 11.0. The van der Waals surface area contributed by atoms with Crippen LogP contribution in [0.1, 0.15) is 69.8 Å². The van der Waals surface area contributed by atoms with Gasteiger partial charge in [-0.1, -0.05) is 30.9 Å².